The molecule has 16 heavy (non-hydrogen) atoms. The first-order valence-electron chi connectivity index (χ1n) is 4.80. The Balaban J connectivity index is 0. The molecule has 94 valence electrons. The van der Waals surface area contributed by atoms with Crippen LogP contribution in [0.25, 0.3) is 0 Å². The maximum atomic E-state index is 10.5. The lowest BCUT2D eigenvalue weighted by atomic mass is 10.3. The topological polar surface area (TPSA) is 107 Å². The van der Waals surface area contributed by atoms with Crippen LogP contribution in [0.3, 0.4) is 0 Å². The van der Waals surface area contributed by atoms with Crippen molar-refractivity contribution in [3.8, 4) is 0 Å². The molecule has 2 atom stereocenters. The Morgan fingerprint density at radius 3 is 2.06 bits per heavy atom. The Kier molecular flexibility index (Phi) is 10.8. The van der Waals surface area contributed by atoms with Gasteiger partial charge in [0.15, 0.2) is 0 Å². The maximum Gasteiger partial charge on any atom is 0.332 e. The zero-order chi connectivity index (χ0) is 13.1. The Morgan fingerprint density at radius 2 is 1.81 bits per heavy atom. The molecular formula is C10H19NO5. The number of rotatable bonds is 5. The van der Waals surface area contributed by atoms with E-state index in [2.05, 4.69) is 11.9 Å². The van der Waals surface area contributed by atoms with Gasteiger partial charge in [0.1, 0.15) is 6.10 Å². The molecule has 1 amide bonds. The number of aliphatic carboxylic acids is 1. The molecule has 6 nitrogen and oxygen atoms in total. The van der Waals surface area contributed by atoms with Gasteiger partial charge in [-0.05, 0) is 26.3 Å². The number of aliphatic hydroxyl groups is 2. The van der Waals surface area contributed by atoms with E-state index < -0.39 is 12.1 Å². The van der Waals surface area contributed by atoms with Gasteiger partial charge in [0.25, 0.3) is 0 Å². The summed E-state index contributed by atoms with van der Waals surface area (Å²) in [6.07, 6.45) is 0.205. The van der Waals surface area contributed by atoms with Crippen LogP contribution in [0.1, 0.15) is 20.3 Å². The number of aliphatic hydroxyl groups excluding tert-OH is 2. The molecule has 0 rings (SSSR count). The third kappa shape index (κ3) is 15.1. The van der Waals surface area contributed by atoms with Crippen molar-refractivity contribution in [1.82, 2.24) is 5.32 Å². The zero-order valence-corrected chi connectivity index (χ0v) is 9.51. The molecule has 0 aliphatic carbocycles. The Morgan fingerprint density at radius 1 is 1.38 bits per heavy atom. The van der Waals surface area contributed by atoms with Gasteiger partial charge in [0.05, 0.1) is 6.10 Å². The fourth-order valence-electron chi connectivity index (χ4n) is 0.476. The van der Waals surface area contributed by atoms with E-state index in [0.29, 0.717) is 13.0 Å². The van der Waals surface area contributed by atoms with Crippen molar-refractivity contribution in [2.24, 2.45) is 0 Å². The number of hydrogen-bond acceptors (Lipinski definition) is 4. The number of carbonyl (C=O) groups is 2. The highest BCUT2D eigenvalue weighted by Gasteiger charge is 2.01. The molecule has 0 saturated heterocycles. The lowest BCUT2D eigenvalue weighted by Crippen LogP contribution is -2.24. The Hall–Kier alpha value is -1.40. The Labute approximate surface area is 94.6 Å². The first-order chi connectivity index (χ1) is 7.31. The highest BCUT2D eigenvalue weighted by Crippen LogP contribution is 1.85. The van der Waals surface area contributed by atoms with Gasteiger partial charge < -0.3 is 20.6 Å². The highest BCUT2D eigenvalue weighted by atomic mass is 16.4. The first kappa shape index (κ1) is 17.0. The van der Waals surface area contributed by atoms with Crippen molar-refractivity contribution >= 4 is 11.9 Å². The quantitative estimate of drug-likeness (QED) is 0.479. The molecule has 0 aliphatic heterocycles. The molecule has 0 radical (unpaired) electrons. The largest absolute Gasteiger partial charge is 0.479 e. The van der Waals surface area contributed by atoms with E-state index in [1.807, 2.05) is 0 Å². The van der Waals surface area contributed by atoms with Crippen LogP contribution in [0.5, 0.6) is 0 Å². The van der Waals surface area contributed by atoms with E-state index in [0.717, 1.165) is 0 Å². The van der Waals surface area contributed by atoms with Crippen LogP contribution in [0.2, 0.25) is 0 Å². The van der Waals surface area contributed by atoms with E-state index in [-0.39, 0.29) is 12.0 Å². The summed E-state index contributed by atoms with van der Waals surface area (Å²) in [4.78, 5) is 19.9. The fraction of sp³-hybridized carbons (Fsp3) is 0.600. The van der Waals surface area contributed by atoms with Crippen LogP contribution in [-0.4, -0.2) is 45.9 Å². The predicted molar refractivity (Wildman–Crippen MR) is 58.8 cm³/mol. The van der Waals surface area contributed by atoms with Gasteiger partial charge in [0, 0.05) is 6.54 Å². The van der Waals surface area contributed by atoms with Gasteiger partial charge in [0.2, 0.25) is 5.91 Å². The number of amides is 1. The van der Waals surface area contributed by atoms with Gasteiger partial charge >= 0.3 is 5.97 Å². The van der Waals surface area contributed by atoms with Crippen LogP contribution in [0.4, 0.5) is 0 Å². The summed E-state index contributed by atoms with van der Waals surface area (Å²) in [6, 6.07) is 0. The molecular weight excluding hydrogens is 214 g/mol. The molecule has 0 fully saturated rings. The molecule has 0 aromatic carbocycles. The van der Waals surface area contributed by atoms with Crippen LogP contribution < -0.4 is 5.32 Å². The van der Waals surface area contributed by atoms with Crippen molar-refractivity contribution in [2.45, 2.75) is 32.5 Å². The van der Waals surface area contributed by atoms with Crippen molar-refractivity contribution in [3.05, 3.63) is 12.7 Å². The second kappa shape index (κ2) is 10.1. The SMILES string of the molecule is C=CC(=O)NCCC(C)O.CC(O)C(=O)O. The average molecular weight is 233 g/mol. The predicted octanol–water partition coefficient (Wildman–Crippen LogP) is -0.489. The third-order valence-corrected chi connectivity index (χ3v) is 1.40. The molecule has 0 aliphatic rings. The lowest BCUT2D eigenvalue weighted by molar-refractivity contribution is -0.145. The van der Waals surface area contributed by atoms with Gasteiger partial charge in [-0.15, -0.1) is 0 Å². The molecule has 0 bridgehead atoms. The summed E-state index contributed by atoms with van der Waals surface area (Å²) < 4.78 is 0. The lowest BCUT2D eigenvalue weighted by Gasteiger charge is -2.03. The number of carboxylic acid groups (broad SMARTS) is 1. The van der Waals surface area contributed by atoms with Crippen LogP contribution in [0.15, 0.2) is 12.7 Å². The molecule has 0 heterocycles. The van der Waals surface area contributed by atoms with Crippen LogP contribution in [0, 0.1) is 0 Å². The van der Waals surface area contributed by atoms with Crippen molar-refractivity contribution in [2.75, 3.05) is 6.54 Å². The van der Waals surface area contributed by atoms with E-state index in [4.69, 9.17) is 15.3 Å². The summed E-state index contributed by atoms with van der Waals surface area (Å²) in [5.74, 6) is -1.38. The fourth-order valence-corrected chi connectivity index (χ4v) is 0.476. The van der Waals surface area contributed by atoms with E-state index in [9.17, 15) is 9.59 Å². The maximum absolute atomic E-state index is 10.5. The zero-order valence-electron chi connectivity index (χ0n) is 9.51. The Bertz CT molecular complexity index is 225. The number of hydrogen-bond donors (Lipinski definition) is 4. The molecule has 0 saturated carbocycles. The minimum Gasteiger partial charge on any atom is -0.479 e. The highest BCUT2D eigenvalue weighted by molar-refractivity contribution is 5.86. The summed E-state index contributed by atoms with van der Waals surface area (Å²) in [5.41, 5.74) is 0. The van der Waals surface area contributed by atoms with Gasteiger partial charge in [-0.25, -0.2) is 4.79 Å². The molecule has 6 heteroatoms. The number of nitrogens with one attached hydrogen (secondary N) is 1. The number of carboxylic acids is 1. The minimum absolute atomic E-state index is 0.194. The summed E-state index contributed by atoms with van der Waals surface area (Å²) in [6.45, 7) is 6.66. The summed E-state index contributed by atoms with van der Waals surface area (Å²) in [7, 11) is 0. The minimum atomic E-state index is -1.23. The molecule has 0 aromatic rings. The van der Waals surface area contributed by atoms with E-state index in [1.54, 1.807) is 6.92 Å². The second-order valence-electron chi connectivity index (χ2n) is 3.15. The van der Waals surface area contributed by atoms with E-state index in [1.165, 1.54) is 13.0 Å². The van der Waals surface area contributed by atoms with Gasteiger partial charge in [-0.3, -0.25) is 4.79 Å². The van der Waals surface area contributed by atoms with Crippen molar-refractivity contribution < 1.29 is 24.9 Å². The van der Waals surface area contributed by atoms with Crippen molar-refractivity contribution in [3.63, 3.8) is 0 Å². The normalized spacial score (nSPS) is 12.8. The van der Waals surface area contributed by atoms with E-state index >= 15 is 0 Å². The smallest absolute Gasteiger partial charge is 0.332 e. The summed E-state index contributed by atoms with van der Waals surface area (Å²) in [5, 5.41) is 27.1. The molecule has 0 spiro atoms. The van der Waals surface area contributed by atoms with Crippen molar-refractivity contribution in [1.29, 1.82) is 0 Å². The molecule has 4 N–H and O–H groups in total. The molecule has 2 unspecified atom stereocenters. The van der Waals surface area contributed by atoms with Crippen LogP contribution >= 0.6 is 0 Å². The summed E-state index contributed by atoms with van der Waals surface area (Å²) >= 11 is 0. The number of carbonyl (C=O) groups excluding carboxylic acids is 1. The first-order valence-corrected chi connectivity index (χ1v) is 4.80. The second-order valence-corrected chi connectivity index (χ2v) is 3.15. The monoisotopic (exact) mass is 233 g/mol. The average Bonchev–Trinajstić information content (AvgIpc) is 2.17. The van der Waals surface area contributed by atoms with Crippen LogP contribution in [-0.2, 0) is 9.59 Å². The molecule has 0 aromatic heterocycles. The van der Waals surface area contributed by atoms with Gasteiger partial charge in [-0.1, -0.05) is 6.58 Å². The third-order valence-electron chi connectivity index (χ3n) is 1.40. The van der Waals surface area contributed by atoms with Gasteiger partial charge in [-0.2, -0.15) is 0 Å². The standard InChI is InChI=1S/C7H13NO2.C3H6O3/c1-3-7(10)8-5-4-6(2)9;1-2(4)3(5)6/h3,6,9H,1,4-5H2,2H3,(H,8,10);2,4H,1H3,(H,5,6).